The Hall–Kier alpha value is -0.700. The number of hydrogen-bond donors (Lipinski definition) is 0. The molecule has 11 heavy (non-hydrogen) atoms. The zero-order valence-corrected chi connectivity index (χ0v) is 6.81. The fraction of sp³-hybridized carbons (Fsp3) is 0.500. The zero-order chi connectivity index (χ0) is 9.11. The molecular weight excluding hydrogens is 150 g/mol. The second-order valence-corrected chi connectivity index (χ2v) is 1.57. The first-order chi connectivity index (χ1) is 5.39. The molecule has 0 saturated heterocycles. The fourth-order valence-corrected chi connectivity index (χ4v) is 0.581. The second kappa shape index (κ2) is 12.0. The van der Waals surface area contributed by atoms with Gasteiger partial charge < -0.3 is 0 Å². The first-order valence-electron chi connectivity index (χ1n) is 3.57. The summed E-state index contributed by atoms with van der Waals surface area (Å²) in [7, 11) is 0. The third kappa shape index (κ3) is 9.30. The predicted molar refractivity (Wildman–Crippen MR) is 40.7 cm³/mol. The van der Waals surface area contributed by atoms with Gasteiger partial charge in [-0.05, 0) is 29.5 Å². The highest BCUT2D eigenvalue weighted by Crippen LogP contribution is 2.08. The standard InChI is InChI=1S/C6H7F.C2H6.FO/c7-6-4-2-1-3-5-6;2*1-2/h2,4-5H,1,3H2;1-2H3;. The van der Waals surface area contributed by atoms with E-state index in [1.54, 1.807) is 6.08 Å². The van der Waals surface area contributed by atoms with Crippen molar-refractivity contribution in [2.24, 2.45) is 0 Å². The van der Waals surface area contributed by atoms with E-state index in [-0.39, 0.29) is 5.83 Å². The molecular formula is C8H13F2O. The van der Waals surface area contributed by atoms with Crippen molar-refractivity contribution >= 4 is 0 Å². The average molecular weight is 163 g/mol. The molecule has 0 spiro atoms. The van der Waals surface area contributed by atoms with E-state index in [4.69, 9.17) is 9.84 Å². The van der Waals surface area contributed by atoms with Crippen molar-refractivity contribution in [1.29, 1.82) is 0 Å². The van der Waals surface area contributed by atoms with E-state index in [2.05, 4.69) is 0 Å². The van der Waals surface area contributed by atoms with Gasteiger partial charge in [-0.3, -0.25) is 0 Å². The molecule has 0 unspecified atom stereocenters. The van der Waals surface area contributed by atoms with E-state index in [0.29, 0.717) is 0 Å². The Morgan fingerprint density at radius 2 is 1.82 bits per heavy atom. The van der Waals surface area contributed by atoms with Crippen molar-refractivity contribution in [1.82, 2.24) is 0 Å². The molecule has 0 aromatic rings. The molecule has 65 valence electrons. The van der Waals surface area contributed by atoms with Gasteiger partial charge in [0.2, 0.25) is 0 Å². The Labute approximate surface area is 65.9 Å². The molecule has 1 aliphatic carbocycles. The van der Waals surface area contributed by atoms with Gasteiger partial charge in [0.1, 0.15) is 5.83 Å². The number of allylic oxidation sites excluding steroid dienone is 4. The molecule has 3 heteroatoms. The van der Waals surface area contributed by atoms with Crippen molar-refractivity contribution in [2.75, 3.05) is 0 Å². The highest BCUT2D eigenvalue weighted by atomic mass is 19.3. The quantitative estimate of drug-likeness (QED) is 0.520. The molecule has 0 fully saturated rings. The van der Waals surface area contributed by atoms with E-state index in [1.807, 2.05) is 19.9 Å². The van der Waals surface area contributed by atoms with Gasteiger partial charge in [0.15, 0.2) is 0 Å². The summed E-state index contributed by atoms with van der Waals surface area (Å²) in [6.07, 6.45) is 6.80. The normalized spacial score (nSPS) is 13.4. The van der Waals surface area contributed by atoms with Crippen molar-refractivity contribution in [3.63, 3.8) is 0 Å². The Morgan fingerprint density at radius 1 is 1.27 bits per heavy atom. The van der Waals surface area contributed by atoms with E-state index in [0.717, 1.165) is 12.8 Å². The van der Waals surface area contributed by atoms with Crippen LogP contribution in [-0.4, -0.2) is 0 Å². The lowest BCUT2D eigenvalue weighted by molar-refractivity contribution is -0.125. The maximum Gasteiger partial charge on any atom is 0.118 e. The van der Waals surface area contributed by atoms with E-state index in [9.17, 15) is 4.39 Å². The fourth-order valence-electron chi connectivity index (χ4n) is 0.581. The monoisotopic (exact) mass is 163 g/mol. The van der Waals surface area contributed by atoms with E-state index >= 15 is 0 Å². The molecule has 1 rings (SSSR count). The summed E-state index contributed by atoms with van der Waals surface area (Å²) in [6, 6.07) is 0. The second-order valence-electron chi connectivity index (χ2n) is 1.57. The molecule has 0 heterocycles. The smallest absolute Gasteiger partial charge is 0.118 e. The largest absolute Gasteiger partial charge is 0.207 e. The van der Waals surface area contributed by atoms with Crippen LogP contribution in [0.2, 0.25) is 0 Å². The number of rotatable bonds is 0. The lowest BCUT2D eigenvalue weighted by Gasteiger charge is -1.93. The van der Waals surface area contributed by atoms with Crippen molar-refractivity contribution in [3.05, 3.63) is 24.1 Å². The first-order valence-corrected chi connectivity index (χ1v) is 3.57. The minimum absolute atomic E-state index is 0.0914. The number of halogens is 2. The summed E-state index contributed by atoms with van der Waals surface area (Å²) in [6.45, 7) is 4.00. The minimum Gasteiger partial charge on any atom is -0.207 e. The van der Waals surface area contributed by atoms with Crippen molar-refractivity contribution < 1.29 is 14.2 Å². The average Bonchev–Trinajstić information content (AvgIpc) is 2.13. The molecule has 1 aliphatic rings. The van der Waals surface area contributed by atoms with Gasteiger partial charge >= 0.3 is 0 Å². The Kier molecular flexibility index (Phi) is 14.1. The number of hydrogen-bond acceptors (Lipinski definition) is 0. The Balaban J connectivity index is 0. The molecule has 0 bridgehead atoms. The van der Waals surface area contributed by atoms with Gasteiger partial charge in [-0.2, -0.15) is 0 Å². The first kappa shape index (κ1) is 12.9. The Morgan fingerprint density at radius 3 is 2.00 bits per heavy atom. The Bertz CT molecular complexity index is 119. The van der Waals surface area contributed by atoms with Gasteiger partial charge in [0.25, 0.3) is 0 Å². The summed E-state index contributed by atoms with van der Waals surface area (Å²) in [4.78, 5) is 0. The van der Waals surface area contributed by atoms with Gasteiger partial charge in [0.05, 0.1) is 0 Å². The summed E-state index contributed by atoms with van der Waals surface area (Å²) in [5.74, 6) is -0.0914. The third-order valence-corrected chi connectivity index (χ3v) is 0.950. The van der Waals surface area contributed by atoms with Crippen LogP contribution in [0.5, 0.6) is 0 Å². The lowest BCUT2D eigenvalue weighted by atomic mass is 10.2. The molecule has 0 saturated carbocycles. The lowest BCUT2D eigenvalue weighted by Crippen LogP contribution is -1.74. The van der Waals surface area contributed by atoms with Crippen LogP contribution in [0, 0.1) is 0 Å². The van der Waals surface area contributed by atoms with Crippen LogP contribution in [0.4, 0.5) is 8.92 Å². The van der Waals surface area contributed by atoms with Gasteiger partial charge in [0, 0.05) is 5.31 Å². The molecule has 0 atom stereocenters. The highest BCUT2D eigenvalue weighted by Gasteiger charge is 1.90. The van der Waals surface area contributed by atoms with Gasteiger partial charge in [-0.1, -0.05) is 19.9 Å². The summed E-state index contributed by atoms with van der Waals surface area (Å²) < 4.78 is 20.2. The van der Waals surface area contributed by atoms with E-state index in [1.165, 1.54) is 6.08 Å². The van der Waals surface area contributed by atoms with Crippen LogP contribution in [0.3, 0.4) is 0 Å². The zero-order valence-electron chi connectivity index (χ0n) is 6.81. The molecule has 0 aromatic carbocycles. The SMILES string of the molecule is CC.FC1=CCCC=C1.[O]F. The third-order valence-electron chi connectivity index (χ3n) is 0.950. The maximum atomic E-state index is 12.0. The molecule has 0 N–H and O–H groups in total. The van der Waals surface area contributed by atoms with Gasteiger partial charge in [-0.15, -0.1) is 0 Å². The highest BCUT2D eigenvalue weighted by molar-refractivity contribution is 5.14. The van der Waals surface area contributed by atoms with Crippen LogP contribution in [0.1, 0.15) is 26.7 Å². The minimum atomic E-state index is -0.0914. The molecule has 0 aromatic heterocycles. The maximum absolute atomic E-state index is 12.0. The molecule has 1 radical (unpaired) electrons. The summed E-state index contributed by atoms with van der Waals surface area (Å²) in [5, 5.41) is 6.75. The van der Waals surface area contributed by atoms with E-state index < -0.39 is 0 Å². The molecule has 0 aliphatic heterocycles. The van der Waals surface area contributed by atoms with Gasteiger partial charge in [-0.25, -0.2) is 4.39 Å². The van der Waals surface area contributed by atoms with Crippen LogP contribution >= 0.6 is 0 Å². The van der Waals surface area contributed by atoms with Crippen LogP contribution in [-0.2, 0) is 5.31 Å². The van der Waals surface area contributed by atoms with Crippen LogP contribution in [0.15, 0.2) is 24.1 Å². The predicted octanol–water partition coefficient (Wildman–Crippen LogP) is 3.52. The van der Waals surface area contributed by atoms with Crippen LogP contribution in [0.25, 0.3) is 0 Å². The van der Waals surface area contributed by atoms with Crippen molar-refractivity contribution in [3.8, 4) is 0 Å². The molecule has 0 amide bonds. The van der Waals surface area contributed by atoms with Crippen molar-refractivity contribution in [2.45, 2.75) is 26.7 Å². The topological polar surface area (TPSA) is 19.9 Å². The summed E-state index contributed by atoms with van der Waals surface area (Å²) in [5.41, 5.74) is 0. The molecule has 1 nitrogen and oxygen atoms in total. The van der Waals surface area contributed by atoms with Crippen LogP contribution < -0.4 is 0 Å². The summed E-state index contributed by atoms with van der Waals surface area (Å²) >= 11 is 0.